The smallest absolute Gasteiger partial charge is 0.326 e. The zero-order chi connectivity index (χ0) is 50.4. The summed E-state index contributed by atoms with van der Waals surface area (Å²) in [5.41, 5.74) is 10.8. The third kappa shape index (κ3) is 20.8. The Bertz CT molecular complexity index is 1810. The van der Waals surface area contributed by atoms with Crippen molar-refractivity contribution in [3.05, 3.63) is 0 Å². The van der Waals surface area contributed by atoms with Crippen LogP contribution in [0.4, 0.5) is 0 Å². The lowest BCUT2D eigenvalue weighted by atomic mass is 10.0. The van der Waals surface area contributed by atoms with Crippen LogP contribution in [0.2, 0.25) is 0 Å². The summed E-state index contributed by atoms with van der Waals surface area (Å²) in [6, 6.07) is -7.84. The third-order valence-corrected chi connectivity index (χ3v) is 10.8. The predicted molar refractivity (Wildman–Crippen MR) is 238 cm³/mol. The number of rotatable bonds is 29. The lowest BCUT2D eigenvalue weighted by Crippen LogP contribution is -2.57. The summed E-state index contributed by atoms with van der Waals surface area (Å²) in [5.74, 6) is -9.09. The topological polar surface area (TPSA) is 389 Å². The SMILES string of the molecule is CC(C)C[C@H](NC(=O)CNC(=O)[C@H](CC(C)C)NC(=O)[C@H](CCC(N)=O)NC(=O)CNC(=O)[C@@H]1CCC(=O)N1)C(=O)N[C@@H](C)C(=O)NCC(=O)N1CCC[C@H]1C(=O)N[C@@H](CCCCN)C(=O)O. The number of carbonyl (C=O) groups excluding carboxylic acids is 11. The van der Waals surface area contributed by atoms with E-state index in [1.807, 2.05) is 0 Å². The van der Waals surface area contributed by atoms with E-state index in [0.29, 0.717) is 32.2 Å². The van der Waals surface area contributed by atoms with Crippen molar-refractivity contribution in [1.82, 2.24) is 52.8 Å². The number of carboxylic acids is 1. The number of unbranched alkanes of at least 4 members (excludes halogenated alkanes) is 1. The van der Waals surface area contributed by atoms with Gasteiger partial charge in [-0.1, -0.05) is 27.7 Å². The fraction of sp³-hybridized carbons (Fsp3) is 0.714. The van der Waals surface area contributed by atoms with Gasteiger partial charge in [0.1, 0.15) is 42.3 Å². The van der Waals surface area contributed by atoms with Gasteiger partial charge in [-0.05, 0) is 83.1 Å². The summed E-state index contributed by atoms with van der Waals surface area (Å²) < 4.78 is 0. The first kappa shape index (κ1) is 56.7. The fourth-order valence-corrected chi connectivity index (χ4v) is 7.27. The van der Waals surface area contributed by atoms with E-state index in [1.165, 1.54) is 11.8 Å². The molecule has 67 heavy (non-hydrogen) atoms. The van der Waals surface area contributed by atoms with Gasteiger partial charge in [0.15, 0.2) is 0 Å². The molecule has 0 radical (unpaired) electrons. The van der Waals surface area contributed by atoms with Crippen LogP contribution in [0.15, 0.2) is 0 Å². The highest BCUT2D eigenvalue weighted by Gasteiger charge is 2.36. The molecule has 2 heterocycles. The molecule has 0 spiro atoms. The van der Waals surface area contributed by atoms with Crippen molar-refractivity contribution >= 4 is 70.9 Å². The summed E-state index contributed by atoms with van der Waals surface area (Å²) in [7, 11) is 0. The molecule has 376 valence electrons. The normalized spacial score (nSPS) is 17.7. The van der Waals surface area contributed by atoms with Crippen LogP contribution in [0.25, 0.3) is 0 Å². The number of hydrogen-bond donors (Lipinski definition) is 12. The Morgan fingerprint density at radius 3 is 1.82 bits per heavy atom. The Labute approximate surface area is 389 Å². The number of carbonyl (C=O) groups is 12. The number of likely N-dealkylation sites (tertiary alicyclic amines) is 1. The first-order chi connectivity index (χ1) is 31.5. The molecule has 2 fully saturated rings. The van der Waals surface area contributed by atoms with Crippen molar-refractivity contribution in [1.29, 1.82) is 0 Å². The molecule has 0 aliphatic carbocycles. The highest BCUT2D eigenvalue weighted by molar-refractivity contribution is 5.97. The maximum atomic E-state index is 13.4. The standard InChI is InChI=1S/C42H70N12O13/c1-22(2)17-28(53-39(63)26(11-13-31(44)55)50-33(57)19-45-37(61)25-12-14-32(56)49-25)38(62)46-20-34(58)51-29(18-23(3)4)40(64)48-24(5)36(60)47-21-35(59)54-16-8-10-30(54)41(65)52-27(42(66)67)9-6-7-15-43/h22-30H,6-21,43H2,1-5H3,(H2,44,55)(H,45,61)(H,46,62)(H,47,60)(H,48,64)(H,49,56)(H,50,57)(H,51,58)(H,52,65)(H,53,63)(H,66,67)/t24-,25-,26-,27-,28-,29-,30-/m0/s1. The van der Waals surface area contributed by atoms with Crippen molar-refractivity contribution in [2.45, 2.75) is 148 Å². The molecule has 0 aromatic heterocycles. The molecular formula is C42H70N12O13. The molecule has 2 rings (SSSR count). The van der Waals surface area contributed by atoms with E-state index in [0.717, 1.165) is 0 Å². The van der Waals surface area contributed by atoms with Gasteiger partial charge in [-0.25, -0.2) is 4.79 Å². The Balaban J connectivity index is 1.98. The van der Waals surface area contributed by atoms with Crippen molar-refractivity contribution in [2.24, 2.45) is 23.3 Å². The molecule has 25 heteroatoms. The van der Waals surface area contributed by atoms with Crippen LogP contribution in [-0.4, -0.2) is 156 Å². The van der Waals surface area contributed by atoms with E-state index in [-0.39, 0.29) is 69.2 Å². The monoisotopic (exact) mass is 951 g/mol. The minimum absolute atomic E-state index is 0.0832. The highest BCUT2D eigenvalue weighted by Crippen LogP contribution is 2.18. The Kier molecular flexibility index (Phi) is 24.2. The van der Waals surface area contributed by atoms with Crippen LogP contribution in [0.1, 0.15) is 105 Å². The van der Waals surface area contributed by atoms with Crippen LogP contribution in [-0.2, 0) is 57.5 Å². The summed E-state index contributed by atoms with van der Waals surface area (Å²) in [5, 5.41) is 31.8. The van der Waals surface area contributed by atoms with Crippen molar-refractivity contribution in [2.75, 3.05) is 32.7 Å². The second kappa shape index (κ2) is 28.6. The fourth-order valence-electron chi connectivity index (χ4n) is 7.27. The molecule has 2 saturated heterocycles. The number of carboxylic acid groups (broad SMARTS) is 1. The molecule has 0 saturated carbocycles. The predicted octanol–water partition coefficient (Wildman–Crippen LogP) is -4.38. The Hall–Kier alpha value is -6.40. The first-order valence-electron chi connectivity index (χ1n) is 22.7. The van der Waals surface area contributed by atoms with Crippen molar-refractivity contribution < 1.29 is 62.6 Å². The molecule has 2 aliphatic rings. The highest BCUT2D eigenvalue weighted by atomic mass is 16.4. The molecule has 14 N–H and O–H groups in total. The lowest BCUT2D eigenvalue weighted by Gasteiger charge is -2.26. The summed E-state index contributed by atoms with van der Waals surface area (Å²) in [4.78, 5) is 153. The number of nitrogens with one attached hydrogen (secondary N) is 9. The van der Waals surface area contributed by atoms with E-state index < -0.39 is 127 Å². The zero-order valence-corrected chi connectivity index (χ0v) is 39.0. The van der Waals surface area contributed by atoms with Crippen LogP contribution in [0.5, 0.6) is 0 Å². The van der Waals surface area contributed by atoms with Crippen molar-refractivity contribution in [3.63, 3.8) is 0 Å². The van der Waals surface area contributed by atoms with Gasteiger partial charge in [0.25, 0.3) is 0 Å². The average Bonchev–Trinajstić information content (AvgIpc) is 3.93. The summed E-state index contributed by atoms with van der Waals surface area (Å²) in [6.07, 6.45) is 2.07. The molecule has 2 aliphatic heterocycles. The van der Waals surface area contributed by atoms with Gasteiger partial charge >= 0.3 is 5.97 Å². The first-order valence-corrected chi connectivity index (χ1v) is 22.7. The van der Waals surface area contributed by atoms with E-state index in [1.54, 1.807) is 27.7 Å². The van der Waals surface area contributed by atoms with Gasteiger partial charge in [0, 0.05) is 19.4 Å². The molecule has 25 nitrogen and oxygen atoms in total. The van der Waals surface area contributed by atoms with E-state index in [4.69, 9.17) is 11.5 Å². The largest absolute Gasteiger partial charge is 0.480 e. The van der Waals surface area contributed by atoms with Gasteiger partial charge < -0.3 is 69.3 Å². The number of aliphatic carboxylic acids is 1. The number of nitrogens with two attached hydrogens (primary N) is 2. The number of hydrogen-bond acceptors (Lipinski definition) is 13. The maximum Gasteiger partial charge on any atom is 0.326 e. The zero-order valence-electron chi connectivity index (χ0n) is 39.0. The lowest BCUT2D eigenvalue weighted by molar-refractivity contribution is -0.144. The van der Waals surface area contributed by atoms with Gasteiger partial charge in [0.2, 0.25) is 65.0 Å². The summed E-state index contributed by atoms with van der Waals surface area (Å²) >= 11 is 0. The Morgan fingerprint density at radius 1 is 0.672 bits per heavy atom. The van der Waals surface area contributed by atoms with Crippen LogP contribution < -0.4 is 59.3 Å². The molecule has 7 atom stereocenters. The Morgan fingerprint density at radius 2 is 1.25 bits per heavy atom. The number of nitrogens with zero attached hydrogens (tertiary/aromatic N) is 1. The van der Waals surface area contributed by atoms with Gasteiger partial charge in [-0.15, -0.1) is 0 Å². The maximum absolute atomic E-state index is 13.4. The van der Waals surface area contributed by atoms with Crippen LogP contribution in [0.3, 0.4) is 0 Å². The molecule has 0 aromatic carbocycles. The van der Waals surface area contributed by atoms with Gasteiger partial charge in [0.05, 0.1) is 19.6 Å². The second-order valence-electron chi connectivity index (χ2n) is 17.5. The molecule has 0 aromatic rings. The molecule has 0 unspecified atom stereocenters. The third-order valence-electron chi connectivity index (χ3n) is 10.8. The number of primary amides is 1. The minimum Gasteiger partial charge on any atom is -0.480 e. The van der Waals surface area contributed by atoms with Gasteiger partial charge in [-0.3, -0.25) is 52.7 Å². The van der Waals surface area contributed by atoms with E-state index in [9.17, 15) is 62.6 Å². The van der Waals surface area contributed by atoms with Crippen LogP contribution >= 0.6 is 0 Å². The molecular weight excluding hydrogens is 881 g/mol. The second-order valence-corrected chi connectivity index (χ2v) is 17.5. The minimum atomic E-state index is -1.36. The van der Waals surface area contributed by atoms with Crippen LogP contribution in [0, 0.1) is 11.8 Å². The van der Waals surface area contributed by atoms with Crippen molar-refractivity contribution in [3.8, 4) is 0 Å². The number of amides is 11. The van der Waals surface area contributed by atoms with E-state index in [2.05, 4.69) is 47.9 Å². The summed E-state index contributed by atoms with van der Waals surface area (Å²) in [6.45, 7) is 7.35. The molecule has 11 amide bonds. The van der Waals surface area contributed by atoms with Gasteiger partial charge in [-0.2, -0.15) is 0 Å². The quantitative estimate of drug-likeness (QED) is 0.0316. The van der Waals surface area contributed by atoms with E-state index >= 15 is 0 Å². The average molecular weight is 951 g/mol. The molecule has 0 bridgehead atoms.